The number of methoxy groups -OCH3 is 3. The smallest absolute Gasteiger partial charge is 0.339 e. The van der Waals surface area contributed by atoms with Crippen molar-refractivity contribution in [1.82, 2.24) is 4.90 Å². The Morgan fingerprint density at radius 3 is 1.98 bits per heavy atom. The molecular weight excluding hydrogens is 594 g/mol. The Hall–Kier alpha value is -4.56. The second-order valence-corrected chi connectivity index (χ2v) is 11.9. The third-order valence-corrected chi connectivity index (χ3v) is 8.13. The molecular formula is C39H47NO7. The number of unbranched alkanes of at least 4 members (excludes halogenated alkanes) is 4. The van der Waals surface area contributed by atoms with E-state index in [-0.39, 0.29) is 11.9 Å². The van der Waals surface area contributed by atoms with E-state index in [0.29, 0.717) is 36.0 Å². The quantitative estimate of drug-likeness (QED) is 0.0469. The van der Waals surface area contributed by atoms with Crippen LogP contribution in [-0.4, -0.2) is 71.5 Å². The first-order chi connectivity index (χ1) is 22.8. The zero-order valence-electron chi connectivity index (χ0n) is 28.3. The van der Waals surface area contributed by atoms with Crippen LogP contribution < -0.4 is 14.2 Å². The number of hydrogen-bond donors (Lipinski definition) is 0. The standard InChI is InChI=1S/C39H47NO7/c1-28(27-47-36(41)20-19-29-23-34(43-3)38(45-5)35(24-29)44-4)26-40(2)21-13-7-6-8-14-22-46-39(42)37-32-17-11-9-15-30(32)25-31-16-10-12-18-33(31)37/h9-12,15-20,23-25,28H,6-8,13-14,21-22,26-27H2,1-5H3/b20-19+/t28-/m0/s1. The summed E-state index contributed by atoms with van der Waals surface area (Å²) in [6.07, 6.45) is 8.23. The second-order valence-electron chi connectivity index (χ2n) is 11.9. The Balaban J connectivity index is 1.09. The van der Waals surface area contributed by atoms with Crippen molar-refractivity contribution in [1.29, 1.82) is 0 Å². The van der Waals surface area contributed by atoms with Crippen LogP contribution in [0.2, 0.25) is 0 Å². The van der Waals surface area contributed by atoms with Crippen LogP contribution in [0.4, 0.5) is 0 Å². The first kappa shape index (κ1) is 35.3. The molecule has 0 aliphatic carbocycles. The summed E-state index contributed by atoms with van der Waals surface area (Å²) in [7, 11) is 6.74. The third-order valence-electron chi connectivity index (χ3n) is 8.13. The Labute approximate surface area is 278 Å². The van der Waals surface area contributed by atoms with E-state index in [9.17, 15) is 9.59 Å². The van der Waals surface area contributed by atoms with E-state index in [1.807, 2.05) is 48.5 Å². The molecule has 8 heteroatoms. The molecule has 0 bridgehead atoms. The molecule has 0 spiro atoms. The molecule has 0 unspecified atom stereocenters. The lowest BCUT2D eigenvalue weighted by atomic mass is 9.97. The van der Waals surface area contributed by atoms with Crippen LogP contribution in [0, 0.1) is 5.92 Å². The molecule has 4 aromatic rings. The highest BCUT2D eigenvalue weighted by atomic mass is 16.5. The van der Waals surface area contributed by atoms with Crippen LogP contribution in [0.5, 0.6) is 17.2 Å². The van der Waals surface area contributed by atoms with E-state index in [2.05, 4.69) is 24.9 Å². The maximum atomic E-state index is 13.1. The number of ether oxygens (including phenoxy) is 5. The van der Waals surface area contributed by atoms with Crippen molar-refractivity contribution in [2.45, 2.75) is 39.0 Å². The average Bonchev–Trinajstić information content (AvgIpc) is 3.09. The van der Waals surface area contributed by atoms with Gasteiger partial charge in [0.1, 0.15) is 0 Å². The summed E-state index contributed by atoms with van der Waals surface area (Å²) in [6, 6.07) is 21.6. The van der Waals surface area contributed by atoms with Crippen molar-refractivity contribution < 1.29 is 33.3 Å². The number of esters is 2. The Morgan fingerprint density at radius 2 is 1.36 bits per heavy atom. The lowest BCUT2D eigenvalue weighted by Crippen LogP contribution is -2.28. The summed E-state index contributed by atoms with van der Waals surface area (Å²) >= 11 is 0. The summed E-state index contributed by atoms with van der Waals surface area (Å²) in [6.45, 7) is 4.65. The fraction of sp³-hybridized carbons (Fsp3) is 0.385. The molecule has 0 saturated carbocycles. The molecule has 8 nitrogen and oxygen atoms in total. The highest BCUT2D eigenvalue weighted by Gasteiger charge is 2.16. The van der Waals surface area contributed by atoms with Crippen LogP contribution in [0.25, 0.3) is 27.6 Å². The molecule has 0 fully saturated rings. The molecule has 4 rings (SSSR count). The SMILES string of the molecule is COc1cc(/C=C/C(=O)OC[C@@H](C)CN(C)CCCCCCCOC(=O)c2c3ccccc3cc3ccccc23)cc(OC)c1OC. The summed E-state index contributed by atoms with van der Waals surface area (Å²) in [5.41, 5.74) is 1.39. The van der Waals surface area contributed by atoms with Crippen molar-refractivity contribution >= 4 is 39.6 Å². The van der Waals surface area contributed by atoms with Gasteiger partial charge in [0.25, 0.3) is 0 Å². The number of carbonyl (C=O) groups is 2. The minimum Gasteiger partial charge on any atom is -0.493 e. The third kappa shape index (κ3) is 9.96. The van der Waals surface area contributed by atoms with Gasteiger partial charge in [0.05, 0.1) is 40.1 Å². The fourth-order valence-electron chi connectivity index (χ4n) is 5.80. The Bertz CT molecular complexity index is 1590. The minimum atomic E-state index is -0.399. The number of carbonyl (C=O) groups excluding carboxylic acids is 2. The predicted octanol–water partition coefficient (Wildman–Crippen LogP) is 7.95. The van der Waals surface area contributed by atoms with Gasteiger partial charge >= 0.3 is 11.9 Å². The van der Waals surface area contributed by atoms with E-state index >= 15 is 0 Å². The van der Waals surface area contributed by atoms with Crippen molar-refractivity contribution in [3.05, 3.63) is 83.9 Å². The summed E-state index contributed by atoms with van der Waals surface area (Å²) in [5, 5.41) is 3.94. The van der Waals surface area contributed by atoms with Gasteiger partial charge in [0.2, 0.25) is 5.75 Å². The van der Waals surface area contributed by atoms with E-state index < -0.39 is 5.97 Å². The molecule has 0 amide bonds. The molecule has 0 heterocycles. The second kappa shape index (κ2) is 18.0. The predicted molar refractivity (Wildman–Crippen MR) is 188 cm³/mol. The fourth-order valence-corrected chi connectivity index (χ4v) is 5.80. The molecule has 1 atom stereocenters. The summed E-state index contributed by atoms with van der Waals surface area (Å²) in [5.74, 6) is 1.08. The first-order valence-corrected chi connectivity index (χ1v) is 16.3. The molecule has 0 aliphatic rings. The first-order valence-electron chi connectivity index (χ1n) is 16.3. The number of fused-ring (bicyclic) bond motifs is 2. The molecule has 0 aromatic heterocycles. The van der Waals surface area contributed by atoms with Crippen molar-refractivity contribution in [3.63, 3.8) is 0 Å². The average molecular weight is 642 g/mol. The van der Waals surface area contributed by atoms with E-state index in [0.717, 1.165) is 72.3 Å². The van der Waals surface area contributed by atoms with Crippen molar-refractivity contribution in [2.75, 3.05) is 54.7 Å². The molecule has 0 aliphatic heterocycles. The summed E-state index contributed by atoms with van der Waals surface area (Å²) in [4.78, 5) is 27.8. The lowest BCUT2D eigenvalue weighted by Gasteiger charge is -2.21. The van der Waals surface area contributed by atoms with Gasteiger partial charge in [-0.25, -0.2) is 9.59 Å². The van der Waals surface area contributed by atoms with Crippen LogP contribution in [-0.2, 0) is 14.3 Å². The van der Waals surface area contributed by atoms with Gasteiger partial charge in [-0.1, -0.05) is 74.7 Å². The Morgan fingerprint density at radius 1 is 0.766 bits per heavy atom. The minimum absolute atomic E-state index is 0.201. The van der Waals surface area contributed by atoms with E-state index in [1.165, 1.54) is 6.08 Å². The molecule has 250 valence electrons. The molecule has 0 radical (unpaired) electrons. The van der Waals surface area contributed by atoms with Gasteiger partial charge < -0.3 is 28.6 Å². The molecule has 47 heavy (non-hydrogen) atoms. The number of rotatable bonds is 18. The van der Waals surface area contributed by atoms with Crippen molar-refractivity contribution in [3.8, 4) is 17.2 Å². The molecule has 0 N–H and O–H groups in total. The van der Waals surface area contributed by atoms with Gasteiger partial charge in [0.15, 0.2) is 11.5 Å². The molecule has 4 aromatic carbocycles. The largest absolute Gasteiger partial charge is 0.493 e. The van der Waals surface area contributed by atoms with Gasteiger partial charge in [0, 0.05) is 18.5 Å². The number of benzene rings is 4. The van der Waals surface area contributed by atoms with Crippen LogP contribution >= 0.6 is 0 Å². The monoisotopic (exact) mass is 641 g/mol. The topological polar surface area (TPSA) is 83.5 Å². The normalized spacial score (nSPS) is 12.0. The van der Waals surface area contributed by atoms with Crippen molar-refractivity contribution in [2.24, 2.45) is 5.92 Å². The summed E-state index contributed by atoms with van der Waals surface area (Å²) < 4.78 is 27.3. The molecule has 0 saturated heterocycles. The highest BCUT2D eigenvalue weighted by molar-refractivity contribution is 6.16. The van der Waals surface area contributed by atoms with Crippen LogP contribution in [0.3, 0.4) is 0 Å². The van der Waals surface area contributed by atoms with E-state index in [1.54, 1.807) is 39.5 Å². The highest BCUT2D eigenvalue weighted by Crippen LogP contribution is 2.38. The van der Waals surface area contributed by atoms with Crippen LogP contribution in [0.1, 0.15) is 54.9 Å². The maximum absolute atomic E-state index is 13.1. The lowest BCUT2D eigenvalue weighted by molar-refractivity contribution is -0.139. The number of nitrogens with zero attached hydrogens (tertiary/aromatic N) is 1. The number of hydrogen-bond acceptors (Lipinski definition) is 8. The Kier molecular flexibility index (Phi) is 13.5. The zero-order chi connectivity index (χ0) is 33.6. The zero-order valence-corrected chi connectivity index (χ0v) is 28.3. The van der Waals surface area contributed by atoms with Gasteiger partial charge in [-0.05, 0) is 77.8 Å². The van der Waals surface area contributed by atoms with Gasteiger partial charge in [-0.3, -0.25) is 0 Å². The maximum Gasteiger partial charge on any atom is 0.339 e. The van der Waals surface area contributed by atoms with E-state index in [4.69, 9.17) is 23.7 Å². The van der Waals surface area contributed by atoms with Gasteiger partial charge in [-0.2, -0.15) is 0 Å². The van der Waals surface area contributed by atoms with Crippen LogP contribution in [0.15, 0.2) is 72.8 Å². The van der Waals surface area contributed by atoms with Gasteiger partial charge in [-0.15, -0.1) is 0 Å².